The molecule has 0 atom stereocenters. The first-order chi connectivity index (χ1) is 8.36. The Bertz CT molecular complexity index is 513. The van der Waals surface area contributed by atoms with E-state index in [-0.39, 0.29) is 0 Å². The standard InChI is InChI=1S/C10H7S.C4H2ClS/c1-2-5-9(6-3-1)10-7-4-8-11-10;5-4-2-1-3-6-4/h1-7H;1-2H. The van der Waals surface area contributed by atoms with Gasteiger partial charge in [0.2, 0.25) is 0 Å². The monoisotopic (exact) mass is 276 g/mol. The molecule has 2 radical (unpaired) electrons. The van der Waals surface area contributed by atoms with Crippen LogP contribution in [-0.2, 0) is 0 Å². The van der Waals surface area contributed by atoms with Crippen molar-refractivity contribution in [2.24, 2.45) is 0 Å². The molecule has 0 unspecified atom stereocenters. The normalized spacial score (nSPS) is 9.47. The van der Waals surface area contributed by atoms with E-state index in [4.69, 9.17) is 11.6 Å². The maximum Gasteiger partial charge on any atom is 0.0935 e. The second-order valence-corrected chi connectivity index (χ2v) is 5.53. The molecule has 0 spiro atoms. The van der Waals surface area contributed by atoms with E-state index in [0.29, 0.717) is 0 Å². The van der Waals surface area contributed by atoms with Gasteiger partial charge in [0.25, 0.3) is 0 Å². The molecule has 0 saturated carbocycles. The molecular weight excluding hydrogens is 268 g/mol. The summed E-state index contributed by atoms with van der Waals surface area (Å²) in [5, 5.41) is 5.91. The lowest BCUT2D eigenvalue weighted by atomic mass is 10.2. The molecule has 0 saturated heterocycles. The molecule has 3 aromatic rings. The van der Waals surface area contributed by atoms with Crippen LogP contribution >= 0.6 is 34.3 Å². The Kier molecular flexibility index (Phi) is 4.80. The van der Waals surface area contributed by atoms with Crippen molar-refractivity contribution >= 4 is 34.3 Å². The van der Waals surface area contributed by atoms with Crippen molar-refractivity contribution in [3.63, 3.8) is 0 Å². The van der Waals surface area contributed by atoms with E-state index >= 15 is 0 Å². The van der Waals surface area contributed by atoms with Gasteiger partial charge in [-0.3, -0.25) is 0 Å². The summed E-state index contributed by atoms with van der Waals surface area (Å²) in [6.07, 6.45) is 0. The molecule has 2 aromatic heterocycles. The van der Waals surface area contributed by atoms with Crippen LogP contribution in [0.2, 0.25) is 4.34 Å². The minimum atomic E-state index is 0.801. The molecule has 3 rings (SSSR count). The molecule has 0 fully saturated rings. The lowest BCUT2D eigenvalue weighted by Crippen LogP contribution is -1.67. The molecule has 1 aromatic carbocycles. The van der Waals surface area contributed by atoms with E-state index in [9.17, 15) is 0 Å². The van der Waals surface area contributed by atoms with Crippen LogP contribution in [0.25, 0.3) is 10.4 Å². The molecule has 3 heteroatoms. The Morgan fingerprint density at radius 2 is 1.53 bits per heavy atom. The van der Waals surface area contributed by atoms with Crippen LogP contribution in [0.5, 0.6) is 0 Å². The van der Waals surface area contributed by atoms with Gasteiger partial charge in [-0.25, -0.2) is 0 Å². The summed E-state index contributed by atoms with van der Waals surface area (Å²) in [6.45, 7) is 0. The number of benzene rings is 1. The third-order valence-corrected chi connectivity index (χ3v) is 3.76. The molecule has 17 heavy (non-hydrogen) atoms. The van der Waals surface area contributed by atoms with Crippen molar-refractivity contribution in [2.75, 3.05) is 0 Å². The summed E-state index contributed by atoms with van der Waals surface area (Å²) in [6, 6.07) is 18.0. The Morgan fingerprint density at radius 1 is 0.824 bits per heavy atom. The highest BCUT2D eigenvalue weighted by Crippen LogP contribution is 2.22. The minimum Gasteiger partial charge on any atom is -0.134 e. The fourth-order valence-electron chi connectivity index (χ4n) is 1.22. The van der Waals surface area contributed by atoms with Crippen molar-refractivity contribution in [3.8, 4) is 10.4 Å². The van der Waals surface area contributed by atoms with Crippen LogP contribution in [0.15, 0.2) is 54.6 Å². The van der Waals surface area contributed by atoms with Crippen molar-refractivity contribution in [3.05, 3.63) is 69.7 Å². The maximum atomic E-state index is 5.44. The highest BCUT2D eigenvalue weighted by Gasteiger charge is 1.94. The average Bonchev–Trinajstić information content (AvgIpc) is 3.03. The zero-order chi connectivity index (χ0) is 11.9. The summed E-state index contributed by atoms with van der Waals surface area (Å²) in [5.41, 5.74) is 1.28. The number of halogens is 1. The zero-order valence-electron chi connectivity index (χ0n) is 8.89. The van der Waals surface area contributed by atoms with E-state index in [1.807, 2.05) is 18.2 Å². The maximum absolute atomic E-state index is 5.44. The highest BCUT2D eigenvalue weighted by molar-refractivity contribution is 7.13. The van der Waals surface area contributed by atoms with Crippen LogP contribution in [0, 0.1) is 10.8 Å². The van der Waals surface area contributed by atoms with E-state index in [2.05, 4.69) is 41.1 Å². The van der Waals surface area contributed by atoms with Gasteiger partial charge in [0.05, 0.1) is 4.34 Å². The van der Waals surface area contributed by atoms with Gasteiger partial charge in [0.1, 0.15) is 0 Å². The van der Waals surface area contributed by atoms with Gasteiger partial charge in [-0.1, -0.05) is 41.9 Å². The SMILES string of the molecule is Clc1cc[c]s1.[c]1ccc(-c2ccccc2)s1. The third kappa shape index (κ3) is 4.00. The predicted octanol–water partition coefficient (Wildman–Crippen LogP) is 5.42. The van der Waals surface area contributed by atoms with Crippen molar-refractivity contribution in [1.82, 2.24) is 0 Å². The summed E-state index contributed by atoms with van der Waals surface area (Å²) < 4.78 is 0.801. The number of rotatable bonds is 1. The molecule has 0 aliphatic heterocycles. The van der Waals surface area contributed by atoms with Gasteiger partial charge < -0.3 is 0 Å². The van der Waals surface area contributed by atoms with Crippen molar-refractivity contribution in [1.29, 1.82) is 0 Å². The first-order valence-electron chi connectivity index (χ1n) is 4.99. The first kappa shape index (κ1) is 12.4. The molecule has 0 aliphatic carbocycles. The lowest BCUT2D eigenvalue weighted by molar-refractivity contribution is 1.70. The minimum absolute atomic E-state index is 0.801. The van der Waals surface area contributed by atoms with Crippen LogP contribution in [0.1, 0.15) is 0 Å². The number of hydrogen-bond acceptors (Lipinski definition) is 2. The third-order valence-electron chi connectivity index (χ3n) is 1.97. The Hall–Kier alpha value is -1.09. The molecule has 0 aliphatic rings. The van der Waals surface area contributed by atoms with Gasteiger partial charge in [-0.2, -0.15) is 0 Å². The van der Waals surface area contributed by atoms with Gasteiger partial charge in [0, 0.05) is 15.6 Å². The molecule has 84 valence electrons. The fourth-order valence-corrected chi connectivity index (χ4v) is 2.46. The van der Waals surface area contributed by atoms with Crippen LogP contribution in [0.3, 0.4) is 0 Å². The van der Waals surface area contributed by atoms with E-state index in [1.165, 1.54) is 21.8 Å². The Morgan fingerprint density at radius 3 is 2.00 bits per heavy atom. The molecule has 0 N–H and O–H groups in total. The van der Waals surface area contributed by atoms with Crippen LogP contribution < -0.4 is 0 Å². The lowest BCUT2D eigenvalue weighted by Gasteiger charge is -1.93. The first-order valence-corrected chi connectivity index (χ1v) is 7.00. The number of thiophene rings is 2. The van der Waals surface area contributed by atoms with E-state index in [1.54, 1.807) is 17.4 Å². The zero-order valence-corrected chi connectivity index (χ0v) is 11.3. The molecular formula is C14H9ClS2. The molecule has 0 nitrogen and oxygen atoms in total. The van der Waals surface area contributed by atoms with Gasteiger partial charge in [-0.05, 0) is 29.8 Å². The second-order valence-electron chi connectivity index (χ2n) is 3.14. The van der Waals surface area contributed by atoms with Gasteiger partial charge in [0.15, 0.2) is 0 Å². The summed E-state index contributed by atoms with van der Waals surface area (Å²) in [7, 11) is 0. The largest absolute Gasteiger partial charge is 0.134 e. The molecule has 0 amide bonds. The number of hydrogen-bond donors (Lipinski definition) is 0. The Balaban J connectivity index is 0.000000153. The summed E-state index contributed by atoms with van der Waals surface area (Å²) in [5.74, 6) is 0. The predicted molar refractivity (Wildman–Crippen MR) is 76.8 cm³/mol. The fraction of sp³-hybridized carbons (Fsp3) is 0. The van der Waals surface area contributed by atoms with Gasteiger partial charge >= 0.3 is 0 Å². The Labute approximate surface area is 114 Å². The van der Waals surface area contributed by atoms with E-state index < -0.39 is 0 Å². The smallest absolute Gasteiger partial charge is 0.0935 e. The van der Waals surface area contributed by atoms with Crippen LogP contribution in [0.4, 0.5) is 0 Å². The van der Waals surface area contributed by atoms with Crippen LogP contribution in [-0.4, -0.2) is 0 Å². The highest BCUT2D eigenvalue weighted by atomic mass is 35.5. The molecule has 2 heterocycles. The molecule has 0 bridgehead atoms. The quantitative estimate of drug-likeness (QED) is 0.557. The summed E-state index contributed by atoms with van der Waals surface area (Å²) >= 11 is 8.51. The average molecular weight is 277 g/mol. The van der Waals surface area contributed by atoms with Crippen molar-refractivity contribution < 1.29 is 0 Å². The second kappa shape index (κ2) is 6.60. The van der Waals surface area contributed by atoms with Gasteiger partial charge in [-0.15, -0.1) is 22.7 Å². The summed E-state index contributed by atoms with van der Waals surface area (Å²) in [4.78, 5) is 1.28. The van der Waals surface area contributed by atoms with E-state index in [0.717, 1.165) is 4.34 Å². The van der Waals surface area contributed by atoms with Crippen molar-refractivity contribution in [2.45, 2.75) is 0 Å². The topological polar surface area (TPSA) is 0 Å².